The Balaban J connectivity index is 3.09. The first-order valence-corrected chi connectivity index (χ1v) is 7.61. The molecule has 0 aliphatic rings. The number of nitro benzene ring substituents is 1. The lowest BCUT2D eigenvalue weighted by molar-refractivity contribution is -0.385. The number of sulfonamides is 1. The summed E-state index contributed by atoms with van der Waals surface area (Å²) in [6.45, 7) is 2.96. The maximum Gasteiger partial charge on any atom is 0.270 e. The van der Waals surface area contributed by atoms with Gasteiger partial charge in [-0.3, -0.25) is 10.1 Å². The summed E-state index contributed by atoms with van der Waals surface area (Å²) >= 11 is 5.77. The molecule has 0 heterocycles. The van der Waals surface area contributed by atoms with Crippen LogP contribution in [-0.4, -0.2) is 30.6 Å². The zero-order valence-electron chi connectivity index (χ0n) is 11.0. The van der Waals surface area contributed by atoms with Crippen molar-refractivity contribution in [2.75, 3.05) is 6.54 Å². The third-order valence-corrected chi connectivity index (χ3v) is 4.70. The number of benzene rings is 1. The zero-order chi connectivity index (χ0) is 15.6. The van der Waals surface area contributed by atoms with Gasteiger partial charge in [0.2, 0.25) is 10.0 Å². The van der Waals surface area contributed by atoms with E-state index < -0.39 is 20.5 Å². The summed E-state index contributed by atoms with van der Waals surface area (Å²) in [6, 6.07) is 3.14. The second kappa shape index (κ2) is 6.04. The molecule has 0 aromatic heterocycles. The molecular formula is C11H15ClN2O5S. The van der Waals surface area contributed by atoms with Gasteiger partial charge in [0, 0.05) is 18.7 Å². The van der Waals surface area contributed by atoms with Gasteiger partial charge in [-0.05, 0) is 19.4 Å². The standard InChI is InChI=1S/C11H15ClN2O5S/c1-3-11(2,15)7-13-20(18,19)10-6-8(14(16)17)4-5-9(10)12/h4-6,13,15H,3,7H2,1-2H3. The number of aliphatic hydroxyl groups is 1. The molecule has 1 rings (SSSR count). The molecule has 2 N–H and O–H groups in total. The van der Waals surface area contributed by atoms with Crippen LogP contribution in [0.15, 0.2) is 23.1 Å². The van der Waals surface area contributed by atoms with Gasteiger partial charge in [0.15, 0.2) is 0 Å². The van der Waals surface area contributed by atoms with Gasteiger partial charge in [-0.25, -0.2) is 13.1 Å². The molecule has 1 aromatic carbocycles. The van der Waals surface area contributed by atoms with E-state index >= 15 is 0 Å². The molecule has 0 radical (unpaired) electrons. The van der Waals surface area contributed by atoms with Crippen molar-refractivity contribution in [3.05, 3.63) is 33.3 Å². The maximum absolute atomic E-state index is 12.1. The van der Waals surface area contributed by atoms with Gasteiger partial charge in [-0.2, -0.15) is 0 Å². The van der Waals surface area contributed by atoms with E-state index in [9.17, 15) is 23.6 Å². The van der Waals surface area contributed by atoms with Crippen LogP contribution in [0.1, 0.15) is 20.3 Å². The van der Waals surface area contributed by atoms with E-state index in [0.29, 0.717) is 6.42 Å². The lowest BCUT2D eigenvalue weighted by Gasteiger charge is -2.21. The monoisotopic (exact) mass is 322 g/mol. The first kappa shape index (κ1) is 16.8. The second-order valence-corrected chi connectivity index (χ2v) is 6.69. The molecule has 1 atom stereocenters. The molecule has 0 saturated heterocycles. The van der Waals surface area contributed by atoms with Crippen LogP contribution < -0.4 is 4.72 Å². The summed E-state index contributed by atoms with van der Waals surface area (Å²) in [5.74, 6) is 0. The van der Waals surface area contributed by atoms with Crippen LogP contribution in [0.5, 0.6) is 0 Å². The van der Waals surface area contributed by atoms with Crippen LogP contribution in [-0.2, 0) is 10.0 Å². The van der Waals surface area contributed by atoms with Crippen LogP contribution in [0.2, 0.25) is 5.02 Å². The summed E-state index contributed by atoms with van der Waals surface area (Å²) in [7, 11) is -4.04. The number of nitrogens with zero attached hydrogens (tertiary/aromatic N) is 1. The van der Waals surface area contributed by atoms with Gasteiger partial charge in [-0.1, -0.05) is 18.5 Å². The lowest BCUT2D eigenvalue weighted by Crippen LogP contribution is -2.40. The fourth-order valence-electron chi connectivity index (χ4n) is 1.26. The molecule has 7 nitrogen and oxygen atoms in total. The molecule has 0 spiro atoms. The normalized spacial score (nSPS) is 14.8. The van der Waals surface area contributed by atoms with Crippen molar-refractivity contribution in [3.63, 3.8) is 0 Å². The molecule has 112 valence electrons. The molecule has 0 aliphatic heterocycles. The summed E-state index contributed by atoms with van der Waals surface area (Å²) in [5.41, 5.74) is -1.59. The highest BCUT2D eigenvalue weighted by atomic mass is 35.5. The molecule has 0 amide bonds. The van der Waals surface area contributed by atoms with Crippen LogP contribution in [0, 0.1) is 10.1 Å². The van der Waals surface area contributed by atoms with Crippen molar-refractivity contribution >= 4 is 27.3 Å². The molecule has 0 bridgehead atoms. The van der Waals surface area contributed by atoms with Crippen molar-refractivity contribution in [2.24, 2.45) is 0 Å². The number of non-ortho nitro benzene ring substituents is 1. The average molecular weight is 323 g/mol. The molecule has 0 aliphatic carbocycles. The molecular weight excluding hydrogens is 308 g/mol. The Morgan fingerprint density at radius 2 is 2.10 bits per heavy atom. The van der Waals surface area contributed by atoms with Gasteiger partial charge < -0.3 is 5.11 Å². The number of nitro groups is 1. The van der Waals surface area contributed by atoms with Crippen molar-refractivity contribution < 1.29 is 18.4 Å². The molecule has 9 heteroatoms. The highest BCUT2D eigenvalue weighted by Gasteiger charge is 2.25. The number of rotatable bonds is 6. The third-order valence-electron chi connectivity index (χ3n) is 2.82. The largest absolute Gasteiger partial charge is 0.389 e. The van der Waals surface area contributed by atoms with Gasteiger partial charge in [0.1, 0.15) is 4.90 Å². The minimum absolute atomic E-state index is 0.126. The zero-order valence-corrected chi connectivity index (χ0v) is 12.5. The first-order valence-electron chi connectivity index (χ1n) is 5.75. The molecule has 1 unspecified atom stereocenters. The van der Waals surface area contributed by atoms with Crippen LogP contribution >= 0.6 is 11.6 Å². The predicted molar refractivity (Wildman–Crippen MR) is 74.2 cm³/mol. The van der Waals surface area contributed by atoms with Gasteiger partial charge in [-0.15, -0.1) is 0 Å². The Hall–Kier alpha value is -1.22. The fraction of sp³-hybridized carbons (Fsp3) is 0.455. The number of halogens is 1. The van der Waals surface area contributed by atoms with Gasteiger partial charge in [0.25, 0.3) is 5.69 Å². The Morgan fingerprint density at radius 3 is 2.60 bits per heavy atom. The van der Waals surface area contributed by atoms with Crippen LogP contribution in [0.3, 0.4) is 0 Å². The molecule has 20 heavy (non-hydrogen) atoms. The number of hydrogen-bond acceptors (Lipinski definition) is 5. The molecule has 0 fully saturated rings. The van der Waals surface area contributed by atoms with Crippen LogP contribution in [0.25, 0.3) is 0 Å². The van der Waals surface area contributed by atoms with E-state index in [1.807, 2.05) is 0 Å². The summed E-state index contributed by atoms with van der Waals surface area (Å²) in [5, 5.41) is 20.3. The van der Waals surface area contributed by atoms with Crippen molar-refractivity contribution in [3.8, 4) is 0 Å². The van der Waals surface area contributed by atoms with E-state index in [-0.39, 0.29) is 22.2 Å². The number of nitrogens with one attached hydrogen (secondary N) is 1. The van der Waals surface area contributed by atoms with Crippen molar-refractivity contribution in [1.82, 2.24) is 4.72 Å². The van der Waals surface area contributed by atoms with E-state index in [4.69, 9.17) is 11.6 Å². The topological polar surface area (TPSA) is 110 Å². The smallest absolute Gasteiger partial charge is 0.270 e. The van der Waals surface area contributed by atoms with Crippen LogP contribution in [0.4, 0.5) is 5.69 Å². The molecule has 1 aromatic rings. The predicted octanol–water partition coefficient (Wildman–Crippen LogP) is 1.69. The first-order chi connectivity index (χ1) is 9.09. The van der Waals surface area contributed by atoms with Gasteiger partial charge in [0.05, 0.1) is 15.5 Å². The van der Waals surface area contributed by atoms with Crippen molar-refractivity contribution in [2.45, 2.75) is 30.8 Å². The highest BCUT2D eigenvalue weighted by molar-refractivity contribution is 7.89. The quantitative estimate of drug-likeness (QED) is 0.611. The second-order valence-electron chi connectivity index (χ2n) is 4.55. The van der Waals surface area contributed by atoms with Crippen molar-refractivity contribution in [1.29, 1.82) is 0 Å². The van der Waals surface area contributed by atoms with Gasteiger partial charge >= 0.3 is 0 Å². The van der Waals surface area contributed by atoms with E-state index in [2.05, 4.69) is 4.72 Å². The maximum atomic E-state index is 12.1. The Labute approximate surface area is 121 Å². The summed E-state index contributed by atoms with van der Waals surface area (Å²) in [6.07, 6.45) is 0.345. The average Bonchev–Trinajstić information content (AvgIpc) is 2.37. The SMILES string of the molecule is CCC(C)(O)CNS(=O)(=O)c1cc([N+](=O)[O-])ccc1Cl. The minimum atomic E-state index is -4.04. The van der Waals surface area contributed by atoms with E-state index in [0.717, 1.165) is 18.2 Å². The minimum Gasteiger partial charge on any atom is -0.389 e. The highest BCUT2D eigenvalue weighted by Crippen LogP contribution is 2.26. The van der Waals surface area contributed by atoms with E-state index in [1.54, 1.807) is 6.92 Å². The summed E-state index contributed by atoms with van der Waals surface area (Å²) in [4.78, 5) is 9.56. The third kappa shape index (κ3) is 4.14. The Bertz CT molecular complexity index is 615. The van der Waals surface area contributed by atoms with E-state index in [1.165, 1.54) is 6.92 Å². The molecule has 0 saturated carbocycles. The number of hydrogen-bond donors (Lipinski definition) is 2. The fourth-order valence-corrected chi connectivity index (χ4v) is 2.94. The Morgan fingerprint density at radius 1 is 1.50 bits per heavy atom. The lowest BCUT2D eigenvalue weighted by atomic mass is 10.1. The summed E-state index contributed by atoms with van der Waals surface area (Å²) < 4.78 is 26.3. The Kier molecular flexibility index (Phi) is 5.09.